The van der Waals surface area contributed by atoms with Crippen LogP contribution in [0.25, 0.3) is 6.08 Å². The van der Waals surface area contributed by atoms with E-state index in [2.05, 4.69) is 5.32 Å². The summed E-state index contributed by atoms with van der Waals surface area (Å²) in [6.07, 6.45) is 2.88. The van der Waals surface area contributed by atoms with Gasteiger partial charge in [0.1, 0.15) is 0 Å². The molecule has 0 aliphatic rings. The van der Waals surface area contributed by atoms with Gasteiger partial charge in [0, 0.05) is 23.1 Å². The predicted molar refractivity (Wildman–Crippen MR) is 97.1 cm³/mol. The molecule has 2 amide bonds. The van der Waals surface area contributed by atoms with Crippen molar-refractivity contribution in [3.8, 4) is 0 Å². The Morgan fingerprint density at radius 2 is 1.84 bits per heavy atom. The van der Waals surface area contributed by atoms with E-state index in [1.165, 1.54) is 30.0 Å². The minimum absolute atomic E-state index is 0.0120. The highest BCUT2D eigenvalue weighted by molar-refractivity contribution is 8.00. The van der Waals surface area contributed by atoms with Crippen molar-refractivity contribution < 1.29 is 14.5 Å². The van der Waals surface area contributed by atoms with Gasteiger partial charge >= 0.3 is 0 Å². The first-order chi connectivity index (χ1) is 12.0. The predicted octanol–water partition coefficient (Wildman–Crippen LogP) is 2.82. The number of benzene rings is 2. The molecule has 2 rings (SSSR count). The van der Waals surface area contributed by atoms with E-state index in [-0.39, 0.29) is 17.3 Å². The molecule has 0 saturated carbocycles. The van der Waals surface area contributed by atoms with Gasteiger partial charge in [-0.1, -0.05) is 12.1 Å². The highest BCUT2D eigenvalue weighted by Crippen LogP contribution is 2.26. The van der Waals surface area contributed by atoms with E-state index in [0.717, 1.165) is 4.90 Å². The Hall–Kier alpha value is -3.13. The van der Waals surface area contributed by atoms with Crippen molar-refractivity contribution in [2.75, 3.05) is 11.1 Å². The van der Waals surface area contributed by atoms with Crippen LogP contribution in [0.15, 0.2) is 59.5 Å². The zero-order valence-corrected chi connectivity index (χ0v) is 13.9. The molecule has 2 aromatic carbocycles. The fourth-order valence-corrected chi connectivity index (χ4v) is 2.65. The van der Waals surface area contributed by atoms with E-state index in [4.69, 9.17) is 5.73 Å². The number of hydrogen-bond acceptors (Lipinski definition) is 5. The number of rotatable bonds is 7. The summed E-state index contributed by atoms with van der Waals surface area (Å²) < 4.78 is 0. The lowest BCUT2D eigenvalue weighted by molar-refractivity contribution is -0.384. The van der Waals surface area contributed by atoms with Crippen LogP contribution in [0, 0.1) is 10.1 Å². The first kappa shape index (κ1) is 18.2. The van der Waals surface area contributed by atoms with Crippen LogP contribution in [0.1, 0.15) is 5.56 Å². The second-order valence-electron chi connectivity index (χ2n) is 4.92. The van der Waals surface area contributed by atoms with E-state index in [1.54, 1.807) is 42.5 Å². The minimum atomic E-state index is -0.485. The molecule has 0 saturated heterocycles. The summed E-state index contributed by atoms with van der Waals surface area (Å²) in [5, 5.41) is 13.3. The molecule has 0 aromatic heterocycles. The van der Waals surface area contributed by atoms with Gasteiger partial charge in [0.05, 0.1) is 16.4 Å². The van der Waals surface area contributed by atoms with Gasteiger partial charge in [-0.3, -0.25) is 19.7 Å². The molecule has 0 radical (unpaired) electrons. The van der Waals surface area contributed by atoms with Gasteiger partial charge in [0.15, 0.2) is 0 Å². The quantitative estimate of drug-likeness (QED) is 0.342. The van der Waals surface area contributed by atoms with Crippen molar-refractivity contribution >= 4 is 41.0 Å². The van der Waals surface area contributed by atoms with Crippen LogP contribution in [0.3, 0.4) is 0 Å². The van der Waals surface area contributed by atoms with Crippen molar-refractivity contribution in [1.82, 2.24) is 0 Å². The molecule has 7 nitrogen and oxygen atoms in total. The molecule has 3 N–H and O–H groups in total. The number of nitro groups is 1. The zero-order chi connectivity index (χ0) is 18.2. The Kier molecular flexibility index (Phi) is 6.30. The van der Waals surface area contributed by atoms with Gasteiger partial charge < -0.3 is 11.1 Å². The number of nitro benzene ring substituents is 1. The third-order valence-corrected chi connectivity index (χ3v) is 4.14. The van der Waals surface area contributed by atoms with Gasteiger partial charge in [0.25, 0.3) is 5.69 Å². The standard InChI is InChI=1S/C17H15N3O4S/c18-16(21)11-25-15-4-2-1-3-14(15)19-17(22)10-7-12-5-8-13(9-6-12)20(23)24/h1-10H,11H2,(H2,18,21)(H,19,22)/b10-7+. The highest BCUT2D eigenvalue weighted by atomic mass is 32.2. The van der Waals surface area contributed by atoms with Crippen LogP contribution >= 0.6 is 11.8 Å². The first-order valence-corrected chi connectivity index (χ1v) is 8.18. The smallest absolute Gasteiger partial charge is 0.269 e. The van der Waals surface area contributed by atoms with Crippen LogP contribution in [0.5, 0.6) is 0 Å². The molecule has 0 aliphatic carbocycles. The Morgan fingerprint density at radius 3 is 2.48 bits per heavy atom. The molecule has 0 aliphatic heterocycles. The number of non-ortho nitro benzene ring substituents is 1. The van der Waals surface area contributed by atoms with Crippen LogP contribution in [0.2, 0.25) is 0 Å². The number of carbonyl (C=O) groups excluding carboxylic acids is 2. The SMILES string of the molecule is NC(=O)CSc1ccccc1NC(=O)/C=C/c1ccc([N+](=O)[O-])cc1. The van der Waals surface area contributed by atoms with Crippen LogP contribution in [0.4, 0.5) is 11.4 Å². The molecule has 25 heavy (non-hydrogen) atoms. The molecule has 8 heteroatoms. The van der Waals surface area contributed by atoms with E-state index >= 15 is 0 Å². The Morgan fingerprint density at radius 1 is 1.16 bits per heavy atom. The minimum Gasteiger partial charge on any atom is -0.369 e. The number of carbonyl (C=O) groups is 2. The van der Waals surface area contributed by atoms with E-state index < -0.39 is 10.8 Å². The maximum Gasteiger partial charge on any atom is 0.269 e. The summed E-state index contributed by atoms with van der Waals surface area (Å²) in [4.78, 5) is 33.8. The molecule has 128 valence electrons. The molecular formula is C17H15N3O4S. The molecule has 2 aromatic rings. The number of thioether (sulfide) groups is 1. The average molecular weight is 357 g/mol. The zero-order valence-electron chi connectivity index (χ0n) is 13.0. The van der Waals surface area contributed by atoms with Crippen molar-refractivity contribution in [1.29, 1.82) is 0 Å². The number of amides is 2. The number of nitrogens with zero attached hydrogens (tertiary/aromatic N) is 1. The molecule has 0 heterocycles. The highest BCUT2D eigenvalue weighted by Gasteiger charge is 2.07. The van der Waals surface area contributed by atoms with Crippen molar-refractivity contribution in [3.05, 3.63) is 70.3 Å². The molecule has 0 atom stereocenters. The van der Waals surface area contributed by atoms with Crippen LogP contribution < -0.4 is 11.1 Å². The monoisotopic (exact) mass is 357 g/mol. The second-order valence-corrected chi connectivity index (χ2v) is 5.94. The molecule has 0 spiro atoms. The maximum absolute atomic E-state index is 12.0. The molecule has 0 unspecified atom stereocenters. The number of primary amides is 1. The Bertz CT molecular complexity index is 819. The Labute approximate surface area is 148 Å². The van der Waals surface area contributed by atoms with Crippen molar-refractivity contribution in [3.63, 3.8) is 0 Å². The maximum atomic E-state index is 12.0. The van der Waals surface area contributed by atoms with E-state index in [9.17, 15) is 19.7 Å². The van der Waals surface area contributed by atoms with Gasteiger partial charge in [0.2, 0.25) is 11.8 Å². The summed E-state index contributed by atoms with van der Waals surface area (Å²) in [6.45, 7) is 0. The normalized spacial score (nSPS) is 10.6. The van der Waals surface area contributed by atoms with E-state index in [1.807, 2.05) is 0 Å². The van der Waals surface area contributed by atoms with Crippen LogP contribution in [-0.2, 0) is 9.59 Å². The lowest BCUT2D eigenvalue weighted by atomic mass is 10.2. The number of anilines is 1. The average Bonchev–Trinajstić information content (AvgIpc) is 2.59. The third-order valence-electron chi connectivity index (χ3n) is 3.05. The molecular weight excluding hydrogens is 342 g/mol. The van der Waals surface area contributed by atoms with Crippen molar-refractivity contribution in [2.45, 2.75) is 4.90 Å². The topological polar surface area (TPSA) is 115 Å². The van der Waals surface area contributed by atoms with Crippen molar-refractivity contribution in [2.24, 2.45) is 5.73 Å². The molecule has 0 fully saturated rings. The second kappa shape index (κ2) is 8.65. The fraction of sp³-hybridized carbons (Fsp3) is 0.0588. The number of para-hydroxylation sites is 1. The summed E-state index contributed by atoms with van der Waals surface area (Å²) in [6, 6.07) is 12.9. The lowest BCUT2D eigenvalue weighted by Gasteiger charge is -2.08. The number of hydrogen-bond donors (Lipinski definition) is 2. The van der Waals surface area contributed by atoms with Crippen LogP contribution in [-0.4, -0.2) is 22.5 Å². The fourth-order valence-electron chi connectivity index (χ4n) is 1.90. The van der Waals surface area contributed by atoms with Gasteiger partial charge in [-0.25, -0.2) is 0 Å². The van der Waals surface area contributed by atoms with Gasteiger partial charge in [-0.05, 0) is 35.9 Å². The summed E-state index contributed by atoms with van der Waals surface area (Å²) in [7, 11) is 0. The summed E-state index contributed by atoms with van der Waals surface area (Å²) in [5.74, 6) is -0.680. The first-order valence-electron chi connectivity index (χ1n) is 7.19. The number of nitrogens with two attached hydrogens (primary N) is 1. The van der Waals surface area contributed by atoms with Gasteiger partial charge in [-0.2, -0.15) is 0 Å². The molecule has 0 bridgehead atoms. The summed E-state index contributed by atoms with van der Waals surface area (Å²) in [5.41, 5.74) is 6.36. The summed E-state index contributed by atoms with van der Waals surface area (Å²) >= 11 is 1.24. The largest absolute Gasteiger partial charge is 0.369 e. The van der Waals surface area contributed by atoms with Gasteiger partial charge in [-0.15, -0.1) is 11.8 Å². The number of nitrogens with one attached hydrogen (secondary N) is 1. The Balaban J connectivity index is 2.02. The third kappa shape index (κ3) is 5.78. The van der Waals surface area contributed by atoms with E-state index in [0.29, 0.717) is 11.3 Å². The lowest BCUT2D eigenvalue weighted by Crippen LogP contribution is -2.13.